The molecule has 0 spiro atoms. The number of fused-ring (bicyclic) bond motifs is 2. The number of rotatable bonds is 4. The second kappa shape index (κ2) is 5.48. The largest absolute Gasteiger partial charge is 0.489 e. The van der Waals surface area contributed by atoms with Crippen LogP contribution in [0.5, 0.6) is 5.75 Å². The fraction of sp³-hybridized carbons (Fsp3) is 0.188. The van der Waals surface area contributed by atoms with Gasteiger partial charge in [-0.25, -0.2) is 9.37 Å². The van der Waals surface area contributed by atoms with Crippen molar-refractivity contribution >= 4 is 33.6 Å². The number of anilines is 2. The van der Waals surface area contributed by atoms with Crippen molar-refractivity contribution < 1.29 is 9.13 Å². The van der Waals surface area contributed by atoms with Gasteiger partial charge in [0.05, 0.1) is 28.9 Å². The summed E-state index contributed by atoms with van der Waals surface area (Å²) in [5.41, 5.74) is 2.02. The molecular formula is C16H15FN6O. The van der Waals surface area contributed by atoms with Gasteiger partial charge in [-0.2, -0.15) is 10.1 Å². The molecule has 3 heterocycles. The molecule has 24 heavy (non-hydrogen) atoms. The molecule has 4 aromatic rings. The average molecular weight is 326 g/mol. The molecule has 0 amide bonds. The highest BCUT2D eigenvalue weighted by atomic mass is 19.1. The molecule has 3 aromatic heterocycles. The summed E-state index contributed by atoms with van der Waals surface area (Å²) in [6.07, 6.45) is 4.43. The summed E-state index contributed by atoms with van der Waals surface area (Å²) in [5.74, 6) is 0.629. The van der Waals surface area contributed by atoms with E-state index in [0.29, 0.717) is 28.4 Å². The molecule has 3 N–H and O–H groups in total. The molecule has 0 unspecified atom stereocenters. The third-order valence-electron chi connectivity index (χ3n) is 3.53. The standard InChI is InChI=1S/C16H15FN6O/c1-8(2)24-14-4-12-9(5-20-23-12)3-13(14)21-16-19-6-10-11(17)7-18-15(10)22-16/h3-8H,1-2H3,(H,20,23)(H2,18,19,21,22). The molecule has 122 valence electrons. The van der Waals surface area contributed by atoms with Crippen molar-refractivity contribution in [2.75, 3.05) is 5.32 Å². The first kappa shape index (κ1) is 14.4. The third-order valence-corrected chi connectivity index (χ3v) is 3.53. The molecule has 0 aliphatic carbocycles. The second-order valence-electron chi connectivity index (χ2n) is 5.69. The highest BCUT2D eigenvalue weighted by Gasteiger charge is 2.12. The third kappa shape index (κ3) is 2.51. The van der Waals surface area contributed by atoms with Gasteiger partial charge < -0.3 is 15.0 Å². The van der Waals surface area contributed by atoms with E-state index in [1.54, 1.807) is 6.20 Å². The fourth-order valence-corrected chi connectivity index (χ4v) is 2.48. The van der Waals surface area contributed by atoms with Gasteiger partial charge in [-0.3, -0.25) is 5.10 Å². The summed E-state index contributed by atoms with van der Waals surface area (Å²) >= 11 is 0. The van der Waals surface area contributed by atoms with Crippen LogP contribution in [-0.4, -0.2) is 31.3 Å². The Morgan fingerprint density at radius 1 is 1.25 bits per heavy atom. The van der Waals surface area contributed by atoms with Crippen LogP contribution in [0.3, 0.4) is 0 Å². The van der Waals surface area contributed by atoms with E-state index < -0.39 is 0 Å². The summed E-state index contributed by atoms with van der Waals surface area (Å²) < 4.78 is 19.3. The Morgan fingerprint density at radius 3 is 2.96 bits per heavy atom. The molecule has 0 saturated carbocycles. The minimum Gasteiger partial charge on any atom is -0.489 e. The second-order valence-corrected chi connectivity index (χ2v) is 5.69. The summed E-state index contributed by atoms with van der Waals surface area (Å²) in [6, 6.07) is 3.77. The smallest absolute Gasteiger partial charge is 0.229 e. The monoisotopic (exact) mass is 326 g/mol. The number of aromatic amines is 2. The molecule has 0 bridgehead atoms. The number of nitrogens with one attached hydrogen (secondary N) is 3. The topological polar surface area (TPSA) is 91.5 Å². The number of benzene rings is 1. The normalized spacial score (nSPS) is 11.5. The summed E-state index contributed by atoms with van der Waals surface area (Å²) in [7, 11) is 0. The predicted octanol–water partition coefficient (Wildman–Crippen LogP) is 3.50. The minimum absolute atomic E-state index is 0.00632. The highest BCUT2D eigenvalue weighted by Crippen LogP contribution is 2.32. The van der Waals surface area contributed by atoms with Crippen LogP contribution in [0.2, 0.25) is 0 Å². The lowest BCUT2D eigenvalue weighted by molar-refractivity contribution is 0.244. The fourth-order valence-electron chi connectivity index (χ4n) is 2.48. The van der Waals surface area contributed by atoms with Crippen LogP contribution in [0.15, 0.2) is 30.7 Å². The van der Waals surface area contributed by atoms with Crippen LogP contribution in [0.25, 0.3) is 21.9 Å². The molecule has 0 fully saturated rings. The number of hydrogen-bond acceptors (Lipinski definition) is 5. The lowest BCUT2D eigenvalue weighted by atomic mass is 10.2. The highest BCUT2D eigenvalue weighted by molar-refractivity contribution is 5.86. The first-order chi connectivity index (χ1) is 11.6. The molecule has 1 aromatic carbocycles. The van der Waals surface area contributed by atoms with E-state index in [2.05, 4.69) is 30.5 Å². The molecule has 0 radical (unpaired) electrons. The van der Waals surface area contributed by atoms with Crippen LogP contribution < -0.4 is 10.1 Å². The Labute approximate surface area is 136 Å². The van der Waals surface area contributed by atoms with E-state index in [-0.39, 0.29) is 11.9 Å². The molecule has 4 rings (SSSR count). The van der Waals surface area contributed by atoms with Crippen molar-refractivity contribution in [3.05, 3.63) is 36.5 Å². The van der Waals surface area contributed by atoms with Crippen molar-refractivity contribution in [1.82, 2.24) is 25.1 Å². The SMILES string of the molecule is CC(C)Oc1cc2[nH]ncc2cc1Nc1ncc2c(F)c[nH]c2n1. The van der Waals surface area contributed by atoms with Crippen molar-refractivity contribution in [2.24, 2.45) is 0 Å². The Bertz CT molecular complexity index is 1020. The van der Waals surface area contributed by atoms with E-state index in [0.717, 1.165) is 10.9 Å². The Kier molecular flexibility index (Phi) is 3.30. The Hall–Kier alpha value is -3.16. The first-order valence-corrected chi connectivity index (χ1v) is 7.50. The summed E-state index contributed by atoms with van der Waals surface area (Å²) in [5, 5.41) is 11.4. The molecule has 0 atom stereocenters. The Balaban J connectivity index is 1.75. The van der Waals surface area contributed by atoms with Crippen LogP contribution in [0.1, 0.15) is 13.8 Å². The number of hydrogen-bond donors (Lipinski definition) is 3. The lowest BCUT2D eigenvalue weighted by Gasteiger charge is -2.15. The minimum atomic E-state index is -0.375. The molecule has 0 aliphatic rings. The zero-order valence-electron chi connectivity index (χ0n) is 13.1. The number of nitrogens with zero attached hydrogens (tertiary/aromatic N) is 3. The van der Waals surface area contributed by atoms with E-state index >= 15 is 0 Å². The molecule has 0 saturated heterocycles. The van der Waals surface area contributed by atoms with Gasteiger partial charge in [-0.15, -0.1) is 0 Å². The van der Waals surface area contributed by atoms with Gasteiger partial charge in [0, 0.05) is 23.8 Å². The first-order valence-electron chi connectivity index (χ1n) is 7.50. The van der Waals surface area contributed by atoms with Gasteiger partial charge >= 0.3 is 0 Å². The number of ether oxygens (including phenoxy) is 1. The van der Waals surface area contributed by atoms with Gasteiger partial charge in [0.1, 0.15) is 11.4 Å². The van der Waals surface area contributed by atoms with Crippen LogP contribution in [-0.2, 0) is 0 Å². The van der Waals surface area contributed by atoms with Crippen molar-refractivity contribution in [1.29, 1.82) is 0 Å². The zero-order chi connectivity index (χ0) is 16.7. The molecule has 8 heteroatoms. The average Bonchev–Trinajstić information content (AvgIpc) is 3.13. The van der Waals surface area contributed by atoms with Crippen LogP contribution in [0.4, 0.5) is 16.0 Å². The van der Waals surface area contributed by atoms with Gasteiger partial charge in [-0.05, 0) is 19.9 Å². The maximum Gasteiger partial charge on any atom is 0.229 e. The number of H-pyrrole nitrogens is 2. The van der Waals surface area contributed by atoms with E-state index in [4.69, 9.17) is 4.74 Å². The number of halogens is 1. The summed E-state index contributed by atoms with van der Waals surface area (Å²) in [4.78, 5) is 11.2. The quantitative estimate of drug-likeness (QED) is 0.534. The molecule has 7 nitrogen and oxygen atoms in total. The molecular weight excluding hydrogens is 311 g/mol. The number of aromatic nitrogens is 5. The lowest BCUT2D eigenvalue weighted by Crippen LogP contribution is -2.08. The van der Waals surface area contributed by atoms with Crippen molar-refractivity contribution in [3.63, 3.8) is 0 Å². The van der Waals surface area contributed by atoms with Gasteiger partial charge in [0.2, 0.25) is 5.95 Å². The Morgan fingerprint density at radius 2 is 2.12 bits per heavy atom. The van der Waals surface area contributed by atoms with Crippen LogP contribution in [0, 0.1) is 5.82 Å². The maximum atomic E-state index is 13.5. The van der Waals surface area contributed by atoms with Crippen molar-refractivity contribution in [2.45, 2.75) is 20.0 Å². The zero-order valence-corrected chi connectivity index (χ0v) is 13.1. The van der Waals surface area contributed by atoms with Crippen molar-refractivity contribution in [3.8, 4) is 5.75 Å². The van der Waals surface area contributed by atoms with Crippen LogP contribution >= 0.6 is 0 Å². The van der Waals surface area contributed by atoms with Gasteiger partial charge in [-0.1, -0.05) is 0 Å². The molecule has 0 aliphatic heterocycles. The van der Waals surface area contributed by atoms with E-state index in [1.165, 1.54) is 12.4 Å². The van der Waals surface area contributed by atoms with E-state index in [1.807, 2.05) is 26.0 Å². The summed E-state index contributed by atoms with van der Waals surface area (Å²) in [6.45, 7) is 3.90. The van der Waals surface area contributed by atoms with E-state index in [9.17, 15) is 4.39 Å². The van der Waals surface area contributed by atoms with Gasteiger partial charge in [0.25, 0.3) is 0 Å². The maximum absolute atomic E-state index is 13.5. The predicted molar refractivity (Wildman–Crippen MR) is 89.0 cm³/mol. The van der Waals surface area contributed by atoms with Gasteiger partial charge in [0.15, 0.2) is 5.82 Å².